The highest BCUT2D eigenvalue weighted by molar-refractivity contribution is 5.96. The first-order valence-electron chi connectivity index (χ1n) is 3.47. The Morgan fingerprint density at radius 3 is 2.92 bits per heavy atom. The predicted octanol–water partition coefficient (Wildman–Crippen LogP) is -0.00260. The monoisotopic (exact) mass is 178 g/mol. The van der Waals surface area contributed by atoms with E-state index in [9.17, 15) is 5.21 Å². The van der Waals surface area contributed by atoms with Gasteiger partial charge in [0.05, 0.1) is 0 Å². The van der Waals surface area contributed by atoms with Gasteiger partial charge in [-0.25, -0.2) is 4.63 Å². The van der Waals surface area contributed by atoms with Crippen molar-refractivity contribution in [1.82, 2.24) is 15.5 Å². The summed E-state index contributed by atoms with van der Waals surface area (Å²) in [4.78, 5) is 0.280. The zero-order chi connectivity index (χ0) is 8.84. The number of fused-ring (bicyclic) bond motifs is 3. The van der Waals surface area contributed by atoms with Crippen LogP contribution in [0.4, 0.5) is 0 Å². The molecule has 0 aliphatic rings. The van der Waals surface area contributed by atoms with E-state index in [0.29, 0.717) is 16.6 Å². The molecule has 0 aliphatic carbocycles. The zero-order valence-corrected chi connectivity index (χ0v) is 6.17. The van der Waals surface area contributed by atoms with Crippen molar-refractivity contribution < 1.29 is 14.2 Å². The number of nitrogens with zero attached hydrogens (tertiary/aromatic N) is 4. The Morgan fingerprint density at radius 2 is 2.00 bits per heavy atom. The van der Waals surface area contributed by atoms with Crippen LogP contribution in [0.1, 0.15) is 0 Å². The molecule has 0 amide bonds. The van der Waals surface area contributed by atoms with Crippen LogP contribution < -0.4 is 4.90 Å². The van der Waals surface area contributed by atoms with Gasteiger partial charge in [0.2, 0.25) is 0 Å². The maximum Gasteiger partial charge on any atom is 0.257 e. The van der Waals surface area contributed by atoms with Gasteiger partial charge in [0, 0.05) is 5.16 Å². The van der Waals surface area contributed by atoms with Gasteiger partial charge in [-0.15, -0.1) is 0 Å². The molecule has 3 rings (SSSR count). The van der Waals surface area contributed by atoms with Crippen LogP contribution in [0.5, 0.6) is 0 Å². The molecule has 0 aliphatic heterocycles. The summed E-state index contributed by atoms with van der Waals surface area (Å²) < 4.78 is 8.87. The van der Waals surface area contributed by atoms with Crippen molar-refractivity contribution in [2.75, 3.05) is 0 Å². The highest BCUT2D eigenvalue weighted by atomic mass is 16.8. The van der Waals surface area contributed by atoms with E-state index in [1.807, 2.05) is 0 Å². The molecule has 2 heterocycles. The van der Waals surface area contributed by atoms with Gasteiger partial charge in [-0.2, -0.15) is 0 Å². The lowest BCUT2D eigenvalue weighted by atomic mass is 10.3. The fourth-order valence-electron chi connectivity index (χ4n) is 1.20. The Kier molecular flexibility index (Phi) is 0.950. The molecule has 0 bridgehead atoms. The summed E-state index contributed by atoms with van der Waals surface area (Å²) >= 11 is 0. The Hall–Kier alpha value is -2.18. The van der Waals surface area contributed by atoms with E-state index >= 15 is 0 Å². The third-order valence-electron chi connectivity index (χ3n) is 1.78. The van der Waals surface area contributed by atoms with E-state index in [2.05, 4.69) is 24.7 Å². The minimum atomic E-state index is 0.235. The number of benzene rings is 1. The molecule has 1 aromatic carbocycles. The molecule has 0 saturated heterocycles. The van der Waals surface area contributed by atoms with Gasteiger partial charge in [0.15, 0.2) is 5.52 Å². The van der Waals surface area contributed by atoms with E-state index in [4.69, 9.17) is 0 Å². The van der Waals surface area contributed by atoms with Gasteiger partial charge in [-0.05, 0) is 27.3 Å². The quantitative estimate of drug-likeness (QED) is 0.450. The number of aromatic nitrogens is 4. The minimum absolute atomic E-state index is 0.235. The molecule has 0 atom stereocenters. The van der Waals surface area contributed by atoms with Crippen LogP contribution in [0.3, 0.4) is 0 Å². The first kappa shape index (κ1) is 6.35. The molecule has 0 unspecified atom stereocenters. The molecule has 64 valence electrons. The summed E-state index contributed by atoms with van der Waals surface area (Å²) in [7, 11) is 0. The highest BCUT2D eigenvalue weighted by Gasteiger charge is 2.16. The van der Waals surface area contributed by atoms with Gasteiger partial charge in [-0.3, -0.25) is 4.63 Å². The predicted molar refractivity (Wildman–Crippen MR) is 38.3 cm³/mol. The summed E-state index contributed by atoms with van der Waals surface area (Å²) in [6.45, 7) is 0. The van der Waals surface area contributed by atoms with Crippen LogP contribution in [0.15, 0.2) is 21.4 Å². The van der Waals surface area contributed by atoms with Crippen molar-refractivity contribution in [2.24, 2.45) is 0 Å². The fraction of sp³-hybridized carbons (Fsp3) is 0. The van der Waals surface area contributed by atoms with Crippen LogP contribution in [-0.2, 0) is 0 Å². The summed E-state index contributed by atoms with van der Waals surface area (Å²) in [5.74, 6) is 0. The second-order valence-electron chi connectivity index (χ2n) is 2.50. The SMILES string of the molecule is [O-][n+]1onc2ccc3nonc3c21. The van der Waals surface area contributed by atoms with Crippen molar-refractivity contribution in [1.29, 1.82) is 0 Å². The highest BCUT2D eigenvalue weighted by Crippen LogP contribution is 2.17. The average molecular weight is 178 g/mol. The van der Waals surface area contributed by atoms with Crippen molar-refractivity contribution in [3.63, 3.8) is 0 Å². The largest absolute Gasteiger partial charge is 0.359 e. The summed E-state index contributed by atoms with van der Waals surface area (Å²) in [6, 6.07) is 3.26. The first-order valence-corrected chi connectivity index (χ1v) is 3.47. The topological polar surface area (TPSA) is 91.9 Å². The van der Waals surface area contributed by atoms with Gasteiger partial charge in [-0.1, -0.05) is 0 Å². The van der Waals surface area contributed by atoms with E-state index in [0.717, 1.165) is 0 Å². The Labute approximate surface area is 70.0 Å². The third-order valence-corrected chi connectivity index (χ3v) is 1.78. The second kappa shape index (κ2) is 1.94. The van der Waals surface area contributed by atoms with Crippen molar-refractivity contribution in [3.8, 4) is 0 Å². The molecule has 3 aromatic rings. The lowest BCUT2D eigenvalue weighted by Gasteiger charge is -1.84. The molecule has 0 spiro atoms. The molecule has 2 aromatic heterocycles. The Balaban J connectivity index is 2.70. The third kappa shape index (κ3) is 0.675. The lowest BCUT2D eigenvalue weighted by Crippen LogP contribution is -2.22. The van der Waals surface area contributed by atoms with Crippen molar-refractivity contribution >= 4 is 22.1 Å². The molecule has 13 heavy (non-hydrogen) atoms. The molecule has 7 nitrogen and oxygen atoms in total. The van der Waals surface area contributed by atoms with Crippen LogP contribution in [0.25, 0.3) is 22.1 Å². The normalized spacial score (nSPS) is 11.4. The molecule has 0 radical (unpaired) electrons. The van der Waals surface area contributed by atoms with Gasteiger partial charge in [0.1, 0.15) is 5.52 Å². The molecular formula is C6H2N4O3. The molecule has 0 saturated carbocycles. The van der Waals surface area contributed by atoms with Crippen LogP contribution in [0.2, 0.25) is 0 Å². The Morgan fingerprint density at radius 1 is 1.15 bits per heavy atom. The second-order valence-corrected chi connectivity index (χ2v) is 2.50. The fourth-order valence-corrected chi connectivity index (χ4v) is 1.20. The first-order chi connectivity index (χ1) is 6.36. The molecule has 7 heteroatoms. The van der Waals surface area contributed by atoms with Gasteiger partial charge >= 0.3 is 0 Å². The molecular weight excluding hydrogens is 176 g/mol. The average Bonchev–Trinajstić information content (AvgIpc) is 2.70. The standard InChI is InChI=1S/C6H2N4O3/c11-10-6-4(8-13-10)2-1-3-5(6)9-12-7-3/h1-2H. The maximum absolute atomic E-state index is 11.1. The van der Waals surface area contributed by atoms with Gasteiger partial charge < -0.3 is 5.21 Å². The van der Waals surface area contributed by atoms with Gasteiger partial charge in [0.25, 0.3) is 11.0 Å². The van der Waals surface area contributed by atoms with Crippen LogP contribution in [-0.4, -0.2) is 15.5 Å². The van der Waals surface area contributed by atoms with Crippen LogP contribution in [0, 0.1) is 5.21 Å². The summed E-state index contributed by atoms with van der Waals surface area (Å²) in [5, 5.41) is 21.7. The Bertz CT molecular complexity index is 584. The summed E-state index contributed by atoms with van der Waals surface area (Å²) in [6.07, 6.45) is 0. The minimum Gasteiger partial charge on any atom is -0.359 e. The van der Waals surface area contributed by atoms with Crippen molar-refractivity contribution in [3.05, 3.63) is 17.3 Å². The maximum atomic E-state index is 11.1. The van der Waals surface area contributed by atoms with E-state index in [-0.39, 0.29) is 10.4 Å². The van der Waals surface area contributed by atoms with E-state index < -0.39 is 0 Å². The smallest absolute Gasteiger partial charge is 0.257 e. The van der Waals surface area contributed by atoms with Crippen LogP contribution >= 0.6 is 0 Å². The van der Waals surface area contributed by atoms with E-state index in [1.165, 1.54) is 0 Å². The molecule has 0 N–H and O–H groups in total. The van der Waals surface area contributed by atoms with E-state index in [1.54, 1.807) is 12.1 Å². The van der Waals surface area contributed by atoms with Crippen molar-refractivity contribution in [2.45, 2.75) is 0 Å². The summed E-state index contributed by atoms with van der Waals surface area (Å²) in [5.41, 5.74) is 1.52. The number of hydrogen-bond donors (Lipinski definition) is 0. The lowest BCUT2D eigenvalue weighted by molar-refractivity contribution is -0.781. The number of hydrogen-bond acceptors (Lipinski definition) is 6. The number of rotatable bonds is 0. The molecule has 0 fully saturated rings. The zero-order valence-electron chi connectivity index (χ0n) is 6.17.